The fourth-order valence-corrected chi connectivity index (χ4v) is 1.39. The number of rotatable bonds is 2. The second kappa shape index (κ2) is 4.45. The third-order valence-electron chi connectivity index (χ3n) is 2.20. The van der Waals surface area contributed by atoms with Crippen LogP contribution >= 0.6 is 0 Å². The normalized spacial score (nSPS) is 9.65. The van der Waals surface area contributed by atoms with Gasteiger partial charge < -0.3 is 4.74 Å². The van der Waals surface area contributed by atoms with E-state index in [-0.39, 0.29) is 0 Å². The van der Waals surface area contributed by atoms with Gasteiger partial charge in [-0.2, -0.15) is 10.4 Å². The van der Waals surface area contributed by atoms with Crippen LogP contribution in [0.2, 0.25) is 0 Å². The van der Waals surface area contributed by atoms with Crippen molar-refractivity contribution < 1.29 is 9.53 Å². The van der Waals surface area contributed by atoms with Gasteiger partial charge in [0.25, 0.3) is 0 Å². The molecule has 6 nitrogen and oxygen atoms in total. The molecule has 0 radical (unpaired) electrons. The number of methoxy groups -OCH3 is 1. The molecule has 2 aromatic rings. The molecule has 0 unspecified atom stereocenters. The number of carbonyl (C=O) groups excluding carboxylic acids is 1. The molecular weight excluding hydrogens is 220 g/mol. The van der Waals surface area contributed by atoms with Crippen molar-refractivity contribution >= 4 is 5.97 Å². The molecule has 0 bridgehead atoms. The summed E-state index contributed by atoms with van der Waals surface area (Å²) in [6.07, 6.45) is 2.81. The molecule has 1 aromatic heterocycles. The van der Waals surface area contributed by atoms with Crippen LogP contribution in [0.15, 0.2) is 30.9 Å². The van der Waals surface area contributed by atoms with Crippen LogP contribution in [-0.4, -0.2) is 27.8 Å². The molecule has 17 heavy (non-hydrogen) atoms. The lowest BCUT2D eigenvalue weighted by atomic mass is 10.1. The SMILES string of the molecule is COC(=O)c1ccc(C#N)c(-n2cncn2)c1. The summed E-state index contributed by atoms with van der Waals surface area (Å²) in [6, 6.07) is 6.65. The second-order valence-corrected chi connectivity index (χ2v) is 3.18. The molecule has 84 valence electrons. The molecule has 0 spiro atoms. The summed E-state index contributed by atoms with van der Waals surface area (Å²) < 4.78 is 6.04. The maximum absolute atomic E-state index is 11.4. The van der Waals surface area contributed by atoms with Gasteiger partial charge in [0.05, 0.1) is 23.9 Å². The fraction of sp³-hybridized carbons (Fsp3) is 0.0909. The Hall–Kier alpha value is -2.68. The Morgan fingerprint density at radius 3 is 2.94 bits per heavy atom. The van der Waals surface area contributed by atoms with E-state index in [2.05, 4.69) is 14.8 Å². The van der Waals surface area contributed by atoms with Gasteiger partial charge in [0, 0.05) is 0 Å². The Morgan fingerprint density at radius 2 is 2.35 bits per heavy atom. The van der Waals surface area contributed by atoms with Gasteiger partial charge in [-0.1, -0.05) is 0 Å². The molecule has 1 heterocycles. The van der Waals surface area contributed by atoms with Crippen molar-refractivity contribution in [1.82, 2.24) is 14.8 Å². The number of esters is 1. The van der Waals surface area contributed by atoms with Gasteiger partial charge in [-0.05, 0) is 18.2 Å². The molecule has 0 amide bonds. The van der Waals surface area contributed by atoms with Crippen molar-refractivity contribution in [3.8, 4) is 11.8 Å². The molecule has 0 aliphatic heterocycles. The zero-order valence-electron chi connectivity index (χ0n) is 8.99. The molecule has 0 aliphatic carbocycles. The summed E-state index contributed by atoms with van der Waals surface area (Å²) in [5, 5.41) is 12.9. The third-order valence-corrected chi connectivity index (χ3v) is 2.20. The van der Waals surface area contributed by atoms with Crippen LogP contribution in [-0.2, 0) is 4.74 Å². The van der Waals surface area contributed by atoms with Crippen molar-refractivity contribution in [3.63, 3.8) is 0 Å². The quantitative estimate of drug-likeness (QED) is 0.714. The third kappa shape index (κ3) is 1.99. The Balaban J connectivity index is 2.56. The molecule has 0 saturated carbocycles. The highest BCUT2D eigenvalue weighted by Crippen LogP contribution is 2.15. The maximum atomic E-state index is 11.4. The number of nitriles is 1. The summed E-state index contributed by atoms with van der Waals surface area (Å²) in [7, 11) is 1.30. The van der Waals surface area contributed by atoms with E-state index in [1.54, 1.807) is 12.1 Å². The van der Waals surface area contributed by atoms with Crippen LogP contribution in [0, 0.1) is 11.3 Å². The Bertz CT molecular complexity index is 584. The van der Waals surface area contributed by atoms with E-state index in [9.17, 15) is 4.79 Å². The number of carbonyl (C=O) groups is 1. The maximum Gasteiger partial charge on any atom is 0.337 e. The summed E-state index contributed by atoms with van der Waals surface area (Å²) in [5.74, 6) is -0.462. The van der Waals surface area contributed by atoms with Gasteiger partial charge in [-0.25, -0.2) is 14.5 Å². The summed E-state index contributed by atoms with van der Waals surface area (Å²) in [4.78, 5) is 15.2. The predicted molar refractivity (Wildman–Crippen MR) is 57.4 cm³/mol. The summed E-state index contributed by atoms with van der Waals surface area (Å²) >= 11 is 0. The van der Waals surface area contributed by atoms with Gasteiger partial charge in [-0.15, -0.1) is 0 Å². The molecule has 6 heteroatoms. The van der Waals surface area contributed by atoms with Crippen LogP contribution < -0.4 is 0 Å². The standard InChI is InChI=1S/C11H8N4O2/c1-17-11(16)8-2-3-9(5-12)10(4-8)15-7-13-6-14-15/h2-4,6-7H,1H3. The second-order valence-electron chi connectivity index (χ2n) is 3.18. The van der Waals surface area contributed by atoms with Crippen LogP contribution in [0.1, 0.15) is 15.9 Å². The van der Waals surface area contributed by atoms with E-state index in [1.807, 2.05) is 6.07 Å². The first kappa shape index (κ1) is 10.8. The molecule has 1 aromatic carbocycles. The average Bonchev–Trinajstić information content (AvgIpc) is 2.90. The van der Waals surface area contributed by atoms with E-state index in [1.165, 1.54) is 30.5 Å². The molecule has 2 rings (SSSR count). The number of aromatic nitrogens is 3. The number of nitrogens with zero attached hydrogens (tertiary/aromatic N) is 4. The Morgan fingerprint density at radius 1 is 1.53 bits per heavy atom. The molecular formula is C11H8N4O2. The van der Waals surface area contributed by atoms with Crippen molar-refractivity contribution in [3.05, 3.63) is 42.0 Å². The summed E-state index contributed by atoms with van der Waals surface area (Å²) in [6.45, 7) is 0. The lowest BCUT2D eigenvalue weighted by Crippen LogP contribution is -2.05. The number of benzene rings is 1. The molecule has 0 atom stereocenters. The van der Waals surface area contributed by atoms with Crippen molar-refractivity contribution in [2.75, 3.05) is 7.11 Å². The monoisotopic (exact) mass is 228 g/mol. The van der Waals surface area contributed by atoms with Crippen LogP contribution in [0.4, 0.5) is 0 Å². The first-order valence-electron chi connectivity index (χ1n) is 4.73. The highest BCUT2D eigenvalue weighted by molar-refractivity contribution is 5.90. The van der Waals surface area contributed by atoms with Crippen LogP contribution in [0.5, 0.6) is 0 Å². The lowest BCUT2D eigenvalue weighted by molar-refractivity contribution is 0.0600. The first-order valence-corrected chi connectivity index (χ1v) is 4.73. The van der Waals surface area contributed by atoms with Gasteiger partial charge in [0.2, 0.25) is 0 Å². The minimum atomic E-state index is -0.462. The van der Waals surface area contributed by atoms with E-state index >= 15 is 0 Å². The molecule has 0 fully saturated rings. The predicted octanol–water partition coefficient (Wildman–Crippen LogP) is 0.926. The molecule has 0 saturated heterocycles. The number of hydrogen-bond donors (Lipinski definition) is 0. The van der Waals surface area contributed by atoms with Gasteiger partial charge >= 0.3 is 5.97 Å². The summed E-state index contributed by atoms with van der Waals surface area (Å²) in [5.41, 5.74) is 1.26. The lowest BCUT2D eigenvalue weighted by Gasteiger charge is -2.05. The van der Waals surface area contributed by atoms with Crippen LogP contribution in [0.25, 0.3) is 5.69 Å². The zero-order chi connectivity index (χ0) is 12.3. The zero-order valence-corrected chi connectivity index (χ0v) is 8.99. The Kier molecular flexibility index (Phi) is 2.83. The van der Waals surface area contributed by atoms with E-state index < -0.39 is 5.97 Å². The highest BCUT2D eigenvalue weighted by Gasteiger charge is 2.11. The van der Waals surface area contributed by atoms with Gasteiger partial charge in [0.1, 0.15) is 18.7 Å². The Labute approximate surface area is 97.1 Å². The number of ether oxygens (including phenoxy) is 1. The van der Waals surface area contributed by atoms with Gasteiger partial charge in [-0.3, -0.25) is 0 Å². The van der Waals surface area contributed by atoms with E-state index in [4.69, 9.17) is 5.26 Å². The van der Waals surface area contributed by atoms with Gasteiger partial charge in [0.15, 0.2) is 0 Å². The highest BCUT2D eigenvalue weighted by atomic mass is 16.5. The average molecular weight is 228 g/mol. The number of hydrogen-bond acceptors (Lipinski definition) is 5. The smallest absolute Gasteiger partial charge is 0.337 e. The van der Waals surface area contributed by atoms with E-state index in [0.717, 1.165) is 0 Å². The largest absolute Gasteiger partial charge is 0.465 e. The minimum Gasteiger partial charge on any atom is -0.465 e. The molecule has 0 N–H and O–H groups in total. The van der Waals surface area contributed by atoms with Crippen molar-refractivity contribution in [2.45, 2.75) is 0 Å². The van der Waals surface area contributed by atoms with Crippen LogP contribution in [0.3, 0.4) is 0 Å². The van der Waals surface area contributed by atoms with E-state index in [0.29, 0.717) is 16.8 Å². The van der Waals surface area contributed by atoms with Crippen molar-refractivity contribution in [2.24, 2.45) is 0 Å². The van der Waals surface area contributed by atoms with Crippen molar-refractivity contribution in [1.29, 1.82) is 5.26 Å². The minimum absolute atomic E-state index is 0.358. The molecule has 0 aliphatic rings. The topological polar surface area (TPSA) is 80.8 Å². The first-order chi connectivity index (χ1) is 8.26. The fourth-order valence-electron chi connectivity index (χ4n) is 1.39.